The molecule has 1 aromatic rings. The summed E-state index contributed by atoms with van der Waals surface area (Å²) in [6, 6.07) is 5.27. The average Bonchev–Trinajstić information content (AvgIpc) is 2.34. The Morgan fingerprint density at radius 2 is 2.05 bits per heavy atom. The van der Waals surface area contributed by atoms with Crippen LogP contribution in [0.3, 0.4) is 0 Å². The van der Waals surface area contributed by atoms with Crippen molar-refractivity contribution in [1.29, 1.82) is 0 Å². The fourth-order valence-electron chi connectivity index (χ4n) is 1.86. The molecule has 0 radical (unpaired) electrons. The van der Waals surface area contributed by atoms with Gasteiger partial charge < -0.3 is 10.4 Å². The van der Waals surface area contributed by atoms with Gasteiger partial charge in [-0.15, -0.1) is 0 Å². The van der Waals surface area contributed by atoms with Crippen molar-refractivity contribution in [3.8, 4) is 0 Å². The molecular formula is C14H19ClN2O3. The molecule has 0 saturated carbocycles. The highest BCUT2D eigenvalue weighted by molar-refractivity contribution is 6.31. The first-order chi connectivity index (χ1) is 9.43. The van der Waals surface area contributed by atoms with Crippen LogP contribution in [0.2, 0.25) is 5.02 Å². The predicted molar refractivity (Wildman–Crippen MR) is 79.2 cm³/mol. The standard InChI is InChI=1S/C14H19ClN2O3/c1-3-7-17(9-14(19)20)8-13(18)16-12-6-4-5-11(15)10(12)2/h4-6H,3,7-9H2,1-2H3,(H,16,18)(H,19,20). The Morgan fingerprint density at radius 3 is 2.65 bits per heavy atom. The molecule has 20 heavy (non-hydrogen) atoms. The highest BCUT2D eigenvalue weighted by atomic mass is 35.5. The largest absolute Gasteiger partial charge is 0.480 e. The van der Waals surface area contributed by atoms with Gasteiger partial charge in [0.1, 0.15) is 0 Å². The van der Waals surface area contributed by atoms with E-state index >= 15 is 0 Å². The van der Waals surface area contributed by atoms with E-state index in [0.717, 1.165) is 12.0 Å². The van der Waals surface area contributed by atoms with Gasteiger partial charge in [-0.3, -0.25) is 14.5 Å². The molecule has 0 unspecified atom stereocenters. The third-order valence-electron chi connectivity index (χ3n) is 2.81. The monoisotopic (exact) mass is 298 g/mol. The lowest BCUT2D eigenvalue weighted by Crippen LogP contribution is -2.37. The number of nitrogens with one attached hydrogen (secondary N) is 1. The Bertz CT molecular complexity index is 491. The van der Waals surface area contributed by atoms with E-state index in [0.29, 0.717) is 17.3 Å². The zero-order valence-corrected chi connectivity index (χ0v) is 12.4. The zero-order chi connectivity index (χ0) is 15.1. The van der Waals surface area contributed by atoms with Gasteiger partial charge in [-0.05, 0) is 37.6 Å². The summed E-state index contributed by atoms with van der Waals surface area (Å²) in [4.78, 5) is 24.3. The summed E-state index contributed by atoms with van der Waals surface area (Å²) >= 11 is 5.98. The highest BCUT2D eigenvalue weighted by Gasteiger charge is 2.14. The Hall–Kier alpha value is -1.59. The molecule has 0 fully saturated rings. The summed E-state index contributed by atoms with van der Waals surface area (Å²) in [5.74, 6) is -1.18. The zero-order valence-electron chi connectivity index (χ0n) is 11.6. The maximum absolute atomic E-state index is 12.0. The number of rotatable bonds is 7. The Kier molecular flexibility index (Phi) is 6.48. The van der Waals surface area contributed by atoms with Crippen LogP contribution in [0.4, 0.5) is 5.69 Å². The molecule has 0 aliphatic heterocycles. The minimum absolute atomic E-state index is 0.0477. The molecule has 0 aromatic heterocycles. The van der Waals surface area contributed by atoms with E-state index in [1.807, 2.05) is 13.8 Å². The molecule has 0 bridgehead atoms. The first kappa shape index (κ1) is 16.5. The highest BCUT2D eigenvalue weighted by Crippen LogP contribution is 2.22. The van der Waals surface area contributed by atoms with Gasteiger partial charge in [0.2, 0.25) is 5.91 Å². The average molecular weight is 299 g/mol. The molecule has 0 saturated heterocycles. The van der Waals surface area contributed by atoms with Crippen molar-refractivity contribution in [2.45, 2.75) is 20.3 Å². The summed E-state index contributed by atoms with van der Waals surface area (Å²) in [6.07, 6.45) is 0.788. The van der Waals surface area contributed by atoms with Crippen LogP contribution in [-0.2, 0) is 9.59 Å². The number of carboxylic acid groups (broad SMARTS) is 1. The van der Waals surface area contributed by atoms with E-state index < -0.39 is 5.97 Å². The van der Waals surface area contributed by atoms with Crippen LogP contribution in [0, 0.1) is 6.92 Å². The van der Waals surface area contributed by atoms with Crippen molar-refractivity contribution in [3.63, 3.8) is 0 Å². The second kappa shape index (κ2) is 7.87. The van der Waals surface area contributed by atoms with E-state index in [1.54, 1.807) is 23.1 Å². The summed E-state index contributed by atoms with van der Waals surface area (Å²) in [5, 5.41) is 12.1. The maximum Gasteiger partial charge on any atom is 0.317 e. The van der Waals surface area contributed by atoms with E-state index in [4.69, 9.17) is 16.7 Å². The van der Waals surface area contributed by atoms with Crippen LogP contribution in [0.5, 0.6) is 0 Å². The molecular weight excluding hydrogens is 280 g/mol. The van der Waals surface area contributed by atoms with Gasteiger partial charge in [-0.2, -0.15) is 0 Å². The van der Waals surface area contributed by atoms with Gasteiger partial charge in [0.15, 0.2) is 0 Å². The van der Waals surface area contributed by atoms with E-state index in [1.165, 1.54) is 0 Å². The number of carbonyl (C=O) groups excluding carboxylic acids is 1. The number of carboxylic acids is 1. The van der Waals surface area contributed by atoms with Crippen molar-refractivity contribution in [2.75, 3.05) is 25.0 Å². The molecule has 0 atom stereocenters. The SMILES string of the molecule is CCCN(CC(=O)O)CC(=O)Nc1cccc(Cl)c1C. The fraction of sp³-hybridized carbons (Fsp3) is 0.429. The topological polar surface area (TPSA) is 69.6 Å². The van der Waals surface area contributed by atoms with Gasteiger partial charge >= 0.3 is 5.97 Å². The van der Waals surface area contributed by atoms with Crippen molar-refractivity contribution < 1.29 is 14.7 Å². The summed E-state index contributed by atoms with van der Waals surface area (Å²) in [7, 11) is 0. The second-order valence-electron chi connectivity index (χ2n) is 4.56. The van der Waals surface area contributed by atoms with E-state index in [9.17, 15) is 9.59 Å². The third kappa shape index (κ3) is 5.19. The number of hydrogen-bond acceptors (Lipinski definition) is 3. The van der Waals surface area contributed by atoms with Crippen LogP contribution in [0.25, 0.3) is 0 Å². The van der Waals surface area contributed by atoms with E-state index in [-0.39, 0.29) is 19.0 Å². The van der Waals surface area contributed by atoms with Crippen LogP contribution in [0.1, 0.15) is 18.9 Å². The molecule has 1 amide bonds. The molecule has 0 aliphatic carbocycles. The number of anilines is 1. The second-order valence-corrected chi connectivity index (χ2v) is 4.97. The van der Waals surface area contributed by atoms with Crippen molar-refractivity contribution >= 4 is 29.2 Å². The molecule has 0 heterocycles. The first-order valence-electron chi connectivity index (χ1n) is 6.43. The number of halogens is 1. The maximum atomic E-state index is 12.0. The van der Waals surface area contributed by atoms with Crippen LogP contribution >= 0.6 is 11.6 Å². The fourth-order valence-corrected chi connectivity index (χ4v) is 2.03. The molecule has 1 aromatic carbocycles. The number of nitrogens with zero attached hydrogens (tertiary/aromatic N) is 1. The van der Waals surface area contributed by atoms with Gasteiger partial charge in [-0.25, -0.2) is 0 Å². The molecule has 1 rings (SSSR count). The number of amides is 1. The lowest BCUT2D eigenvalue weighted by molar-refractivity contribution is -0.138. The Morgan fingerprint density at radius 1 is 1.35 bits per heavy atom. The molecule has 0 aliphatic rings. The lowest BCUT2D eigenvalue weighted by Gasteiger charge is -2.19. The van der Waals surface area contributed by atoms with Crippen molar-refractivity contribution in [3.05, 3.63) is 28.8 Å². The molecule has 2 N–H and O–H groups in total. The molecule has 5 nitrogen and oxygen atoms in total. The van der Waals surface area contributed by atoms with Crippen molar-refractivity contribution in [2.24, 2.45) is 0 Å². The first-order valence-corrected chi connectivity index (χ1v) is 6.81. The van der Waals surface area contributed by atoms with E-state index in [2.05, 4.69) is 5.32 Å². The van der Waals surface area contributed by atoms with Crippen molar-refractivity contribution in [1.82, 2.24) is 4.90 Å². The Balaban J connectivity index is 2.65. The number of carbonyl (C=O) groups is 2. The quantitative estimate of drug-likeness (QED) is 0.811. The van der Waals surface area contributed by atoms with Gasteiger partial charge in [0.05, 0.1) is 13.1 Å². The minimum Gasteiger partial charge on any atom is -0.480 e. The van der Waals surface area contributed by atoms with Gasteiger partial charge in [-0.1, -0.05) is 24.6 Å². The third-order valence-corrected chi connectivity index (χ3v) is 3.22. The number of benzene rings is 1. The van der Waals surface area contributed by atoms with Gasteiger partial charge in [0.25, 0.3) is 0 Å². The molecule has 0 spiro atoms. The summed E-state index contributed by atoms with van der Waals surface area (Å²) < 4.78 is 0. The number of hydrogen-bond donors (Lipinski definition) is 2. The molecule has 110 valence electrons. The molecule has 6 heteroatoms. The summed E-state index contributed by atoms with van der Waals surface area (Å²) in [6.45, 7) is 4.23. The minimum atomic E-state index is -0.940. The van der Waals surface area contributed by atoms with Crippen LogP contribution in [0.15, 0.2) is 18.2 Å². The summed E-state index contributed by atoms with van der Waals surface area (Å²) in [5.41, 5.74) is 1.44. The van der Waals surface area contributed by atoms with Gasteiger partial charge in [0, 0.05) is 10.7 Å². The van der Waals surface area contributed by atoms with Crippen LogP contribution < -0.4 is 5.32 Å². The number of aliphatic carboxylic acids is 1. The Labute approximate surface area is 123 Å². The van der Waals surface area contributed by atoms with Crippen LogP contribution in [-0.4, -0.2) is 41.5 Å². The normalized spacial score (nSPS) is 10.6. The smallest absolute Gasteiger partial charge is 0.317 e. The predicted octanol–water partition coefficient (Wildman–Crippen LogP) is 2.38. The lowest BCUT2D eigenvalue weighted by atomic mass is 10.2.